The molecule has 1 heterocycles. The summed E-state index contributed by atoms with van der Waals surface area (Å²) in [5, 5.41) is 0. The average molecular weight is 178 g/mol. The normalized spacial score (nSPS) is 11.3. The molecule has 1 aromatic rings. The summed E-state index contributed by atoms with van der Waals surface area (Å²) >= 11 is 0. The number of amides is 1. The maximum absolute atomic E-state index is 11.1. The fourth-order valence-electron chi connectivity index (χ4n) is 1.02. The highest BCUT2D eigenvalue weighted by Gasteiger charge is 2.28. The highest BCUT2D eigenvalue weighted by molar-refractivity contribution is 5.85. The van der Waals surface area contributed by atoms with Crippen LogP contribution in [0.3, 0.4) is 0 Å². The van der Waals surface area contributed by atoms with Crippen molar-refractivity contribution in [2.75, 3.05) is 0 Å². The van der Waals surface area contributed by atoms with E-state index in [4.69, 9.17) is 5.73 Å². The predicted octanol–water partition coefficient (Wildman–Crippen LogP) is 1.15. The Hall–Kier alpha value is -1.38. The molecule has 0 aliphatic carbocycles. The Balaban J connectivity index is 3.14. The van der Waals surface area contributed by atoms with Gasteiger partial charge in [-0.3, -0.25) is 9.78 Å². The Bertz CT molecular complexity index is 331. The van der Waals surface area contributed by atoms with Crippen LogP contribution in [0.2, 0.25) is 0 Å². The molecular formula is C10H14N2O. The van der Waals surface area contributed by atoms with Crippen molar-refractivity contribution in [3.05, 3.63) is 29.6 Å². The zero-order chi connectivity index (χ0) is 10.1. The molecule has 0 saturated heterocycles. The van der Waals surface area contributed by atoms with Crippen molar-refractivity contribution < 1.29 is 4.79 Å². The van der Waals surface area contributed by atoms with Gasteiger partial charge in [-0.25, -0.2) is 0 Å². The first-order valence-electron chi connectivity index (χ1n) is 4.18. The van der Waals surface area contributed by atoms with E-state index in [2.05, 4.69) is 4.98 Å². The maximum atomic E-state index is 11.1. The van der Waals surface area contributed by atoms with Crippen molar-refractivity contribution in [3.63, 3.8) is 0 Å². The topological polar surface area (TPSA) is 56.0 Å². The summed E-state index contributed by atoms with van der Waals surface area (Å²) in [6.45, 7) is 5.44. The minimum atomic E-state index is -0.688. The van der Waals surface area contributed by atoms with Gasteiger partial charge in [-0.15, -0.1) is 0 Å². The van der Waals surface area contributed by atoms with E-state index < -0.39 is 5.41 Å². The van der Waals surface area contributed by atoms with Gasteiger partial charge >= 0.3 is 0 Å². The monoisotopic (exact) mass is 178 g/mol. The number of nitrogens with zero attached hydrogens (tertiary/aromatic N) is 1. The van der Waals surface area contributed by atoms with E-state index in [-0.39, 0.29) is 5.91 Å². The summed E-state index contributed by atoms with van der Waals surface area (Å²) in [7, 11) is 0. The Morgan fingerprint density at radius 1 is 1.46 bits per heavy atom. The highest BCUT2D eigenvalue weighted by Crippen LogP contribution is 2.20. The van der Waals surface area contributed by atoms with Crippen LogP contribution in [0, 0.1) is 6.92 Å². The zero-order valence-electron chi connectivity index (χ0n) is 8.16. The van der Waals surface area contributed by atoms with Crippen LogP contribution in [0.25, 0.3) is 0 Å². The number of nitrogens with two attached hydrogens (primary N) is 1. The van der Waals surface area contributed by atoms with Gasteiger partial charge in [-0.05, 0) is 32.9 Å². The first-order valence-corrected chi connectivity index (χ1v) is 4.18. The van der Waals surface area contributed by atoms with Crippen LogP contribution in [0.4, 0.5) is 0 Å². The number of hydrogen-bond acceptors (Lipinski definition) is 2. The van der Waals surface area contributed by atoms with Gasteiger partial charge in [0.05, 0.1) is 11.1 Å². The van der Waals surface area contributed by atoms with Crippen LogP contribution in [0.15, 0.2) is 18.2 Å². The smallest absolute Gasteiger partial charge is 0.229 e. The standard InChI is InChI=1S/C10H14N2O/c1-7-5-4-6-8(12-7)10(2,3)9(11)13/h4-6H,1-3H3,(H2,11,13). The van der Waals surface area contributed by atoms with Crippen molar-refractivity contribution in [3.8, 4) is 0 Å². The number of rotatable bonds is 2. The van der Waals surface area contributed by atoms with Crippen LogP contribution >= 0.6 is 0 Å². The van der Waals surface area contributed by atoms with E-state index in [0.29, 0.717) is 0 Å². The molecule has 1 aromatic heterocycles. The van der Waals surface area contributed by atoms with Crippen LogP contribution in [-0.2, 0) is 10.2 Å². The third kappa shape index (κ3) is 1.86. The second kappa shape index (κ2) is 3.17. The molecule has 0 spiro atoms. The van der Waals surface area contributed by atoms with E-state index in [1.54, 1.807) is 13.8 Å². The average Bonchev–Trinajstić information content (AvgIpc) is 2.04. The molecule has 0 saturated carbocycles. The summed E-state index contributed by atoms with van der Waals surface area (Å²) in [5.74, 6) is -0.356. The number of aryl methyl sites for hydroxylation is 1. The van der Waals surface area contributed by atoms with Gasteiger partial charge < -0.3 is 5.73 Å². The summed E-state index contributed by atoms with van der Waals surface area (Å²) < 4.78 is 0. The molecule has 0 atom stereocenters. The van der Waals surface area contributed by atoms with Gasteiger partial charge in [0.2, 0.25) is 5.91 Å². The Morgan fingerprint density at radius 3 is 2.54 bits per heavy atom. The summed E-state index contributed by atoms with van der Waals surface area (Å²) in [6.07, 6.45) is 0. The van der Waals surface area contributed by atoms with Crippen LogP contribution in [-0.4, -0.2) is 10.9 Å². The molecule has 3 nitrogen and oxygen atoms in total. The third-order valence-electron chi connectivity index (χ3n) is 2.14. The van der Waals surface area contributed by atoms with Crippen molar-refractivity contribution in [1.29, 1.82) is 0 Å². The van der Waals surface area contributed by atoms with Crippen LogP contribution in [0.5, 0.6) is 0 Å². The van der Waals surface area contributed by atoms with Crippen molar-refractivity contribution in [2.45, 2.75) is 26.2 Å². The molecule has 0 aliphatic heterocycles. The van der Waals surface area contributed by atoms with Crippen molar-refractivity contribution in [2.24, 2.45) is 5.73 Å². The Kier molecular flexibility index (Phi) is 2.36. The molecule has 0 unspecified atom stereocenters. The van der Waals surface area contributed by atoms with Crippen LogP contribution < -0.4 is 5.73 Å². The number of primary amides is 1. The zero-order valence-corrected chi connectivity index (χ0v) is 8.16. The third-order valence-corrected chi connectivity index (χ3v) is 2.14. The fraction of sp³-hybridized carbons (Fsp3) is 0.400. The number of pyridine rings is 1. The van der Waals surface area contributed by atoms with Crippen molar-refractivity contribution in [1.82, 2.24) is 4.98 Å². The quantitative estimate of drug-likeness (QED) is 0.738. The van der Waals surface area contributed by atoms with Crippen molar-refractivity contribution >= 4 is 5.91 Å². The highest BCUT2D eigenvalue weighted by atomic mass is 16.1. The van der Waals surface area contributed by atoms with E-state index in [1.165, 1.54) is 0 Å². The molecule has 1 amide bonds. The second-order valence-corrected chi connectivity index (χ2v) is 3.65. The van der Waals surface area contributed by atoms with E-state index in [9.17, 15) is 4.79 Å². The summed E-state index contributed by atoms with van der Waals surface area (Å²) in [5.41, 5.74) is 6.20. The number of aromatic nitrogens is 1. The van der Waals surface area contributed by atoms with E-state index in [0.717, 1.165) is 11.4 Å². The Labute approximate surface area is 78.0 Å². The van der Waals surface area contributed by atoms with Gasteiger partial charge in [0.25, 0.3) is 0 Å². The molecule has 2 N–H and O–H groups in total. The number of carbonyl (C=O) groups is 1. The molecule has 0 radical (unpaired) electrons. The minimum absolute atomic E-state index is 0.356. The molecule has 1 rings (SSSR count). The van der Waals surface area contributed by atoms with Gasteiger partial charge in [0, 0.05) is 5.69 Å². The molecule has 0 bridgehead atoms. The molecule has 0 aliphatic rings. The summed E-state index contributed by atoms with van der Waals surface area (Å²) in [6, 6.07) is 5.58. The van der Waals surface area contributed by atoms with Gasteiger partial charge in [-0.1, -0.05) is 6.07 Å². The first-order chi connectivity index (χ1) is 5.94. The van der Waals surface area contributed by atoms with Gasteiger partial charge in [0.1, 0.15) is 0 Å². The predicted molar refractivity (Wildman–Crippen MR) is 51.2 cm³/mol. The SMILES string of the molecule is Cc1cccc(C(C)(C)C(N)=O)n1. The lowest BCUT2D eigenvalue weighted by Gasteiger charge is -2.19. The van der Waals surface area contributed by atoms with Gasteiger partial charge in [-0.2, -0.15) is 0 Å². The molecule has 0 fully saturated rings. The molecule has 70 valence electrons. The van der Waals surface area contributed by atoms with Crippen LogP contribution in [0.1, 0.15) is 25.2 Å². The van der Waals surface area contributed by atoms with Gasteiger partial charge in [0.15, 0.2) is 0 Å². The molecule has 13 heavy (non-hydrogen) atoms. The fourth-order valence-corrected chi connectivity index (χ4v) is 1.02. The minimum Gasteiger partial charge on any atom is -0.369 e. The number of hydrogen-bond donors (Lipinski definition) is 1. The first kappa shape index (κ1) is 9.71. The van der Waals surface area contributed by atoms with E-state index in [1.807, 2.05) is 25.1 Å². The molecule has 0 aromatic carbocycles. The maximum Gasteiger partial charge on any atom is 0.229 e. The molecular weight excluding hydrogens is 164 g/mol. The number of carbonyl (C=O) groups excluding carboxylic acids is 1. The lowest BCUT2D eigenvalue weighted by molar-refractivity contribution is -0.122. The van der Waals surface area contributed by atoms with E-state index >= 15 is 0 Å². The lowest BCUT2D eigenvalue weighted by Crippen LogP contribution is -2.36. The Morgan fingerprint density at radius 2 is 2.08 bits per heavy atom. The largest absolute Gasteiger partial charge is 0.369 e. The lowest BCUT2D eigenvalue weighted by atomic mass is 9.88. The second-order valence-electron chi connectivity index (χ2n) is 3.65. The summed E-state index contributed by atoms with van der Waals surface area (Å²) in [4.78, 5) is 15.4. The molecule has 3 heteroatoms.